The second-order valence-corrected chi connectivity index (χ2v) is 3.79. The quantitative estimate of drug-likeness (QED) is 0.779. The van der Waals surface area contributed by atoms with Crippen LogP contribution in [0.25, 0.3) is 0 Å². The molecular weight excluding hydrogens is 227 g/mol. The van der Waals surface area contributed by atoms with Gasteiger partial charge < -0.3 is 4.74 Å². The van der Waals surface area contributed by atoms with Gasteiger partial charge in [-0.1, -0.05) is 30.1 Å². The third-order valence-electron chi connectivity index (χ3n) is 1.49. The molecule has 1 aromatic rings. The highest BCUT2D eigenvalue weighted by Gasteiger charge is 2.07. The van der Waals surface area contributed by atoms with Crippen LogP contribution in [-0.4, -0.2) is 6.61 Å². The van der Waals surface area contributed by atoms with E-state index in [9.17, 15) is 0 Å². The molecule has 0 heterocycles. The molecule has 0 saturated carbocycles. The Bertz CT molecular complexity index is 302. The molecule has 0 aliphatic heterocycles. The van der Waals surface area contributed by atoms with Crippen LogP contribution in [0.4, 0.5) is 0 Å². The molecule has 0 radical (unpaired) electrons. The molecule has 13 heavy (non-hydrogen) atoms. The molecule has 1 aromatic carbocycles. The lowest BCUT2D eigenvalue weighted by atomic mass is 10.3. The van der Waals surface area contributed by atoms with Crippen LogP contribution in [0.15, 0.2) is 17.0 Å². The van der Waals surface area contributed by atoms with Gasteiger partial charge in [0, 0.05) is 0 Å². The summed E-state index contributed by atoms with van der Waals surface area (Å²) in [5.41, 5.74) is 0. The van der Waals surface area contributed by atoms with Gasteiger partial charge in [-0.05, 0) is 18.6 Å². The van der Waals surface area contributed by atoms with Crippen LogP contribution < -0.4 is 4.74 Å². The summed E-state index contributed by atoms with van der Waals surface area (Å²) in [7, 11) is 0. The summed E-state index contributed by atoms with van der Waals surface area (Å²) in [5, 5.41) is 0.939. The van der Waals surface area contributed by atoms with E-state index in [2.05, 4.69) is 12.6 Å². The maximum absolute atomic E-state index is 5.87. The van der Waals surface area contributed by atoms with Crippen LogP contribution in [0.1, 0.15) is 13.3 Å². The van der Waals surface area contributed by atoms with Gasteiger partial charge in [0.05, 0.1) is 21.5 Å². The van der Waals surface area contributed by atoms with E-state index in [1.54, 1.807) is 12.1 Å². The predicted octanol–water partition coefficient (Wildman–Crippen LogP) is 4.07. The topological polar surface area (TPSA) is 9.23 Å². The lowest BCUT2D eigenvalue weighted by Crippen LogP contribution is -1.95. The lowest BCUT2D eigenvalue weighted by molar-refractivity contribution is 0.310. The van der Waals surface area contributed by atoms with Crippen molar-refractivity contribution in [3.05, 3.63) is 22.2 Å². The molecule has 4 heteroatoms. The fourth-order valence-electron chi connectivity index (χ4n) is 0.851. The van der Waals surface area contributed by atoms with Crippen LogP contribution in [0, 0.1) is 0 Å². The van der Waals surface area contributed by atoms with E-state index in [0.29, 0.717) is 27.3 Å². The number of benzene rings is 1. The molecule has 0 fully saturated rings. The van der Waals surface area contributed by atoms with Gasteiger partial charge in [-0.3, -0.25) is 0 Å². The van der Waals surface area contributed by atoms with Crippen molar-refractivity contribution < 1.29 is 4.74 Å². The van der Waals surface area contributed by atoms with Crippen molar-refractivity contribution in [2.75, 3.05) is 6.61 Å². The van der Waals surface area contributed by atoms with Crippen LogP contribution in [0.3, 0.4) is 0 Å². The Hall–Kier alpha value is -0.0500. The molecule has 0 amide bonds. The van der Waals surface area contributed by atoms with E-state index in [1.165, 1.54) is 0 Å². The largest absolute Gasteiger partial charge is 0.492 e. The van der Waals surface area contributed by atoms with Crippen molar-refractivity contribution in [3.63, 3.8) is 0 Å². The standard InChI is InChI=1S/C9H10Cl2OS/c1-2-5-12-7-4-3-6(10)8(11)9(7)13/h3-4,13H,2,5H2,1H3. The van der Waals surface area contributed by atoms with E-state index in [1.807, 2.05) is 6.92 Å². The van der Waals surface area contributed by atoms with E-state index in [-0.39, 0.29) is 0 Å². The van der Waals surface area contributed by atoms with E-state index >= 15 is 0 Å². The molecule has 0 aromatic heterocycles. The van der Waals surface area contributed by atoms with E-state index < -0.39 is 0 Å². The Morgan fingerprint density at radius 2 is 2.08 bits per heavy atom. The molecule has 0 saturated heterocycles. The number of rotatable bonds is 3. The fourth-order valence-corrected chi connectivity index (χ4v) is 1.49. The summed E-state index contributed by atoms with van der Waals surface area (Å²) in [6.45, 7) is 2.70. The van der Waals surface area contributed by atoms with Gasteiger partial charge in [-0.15, -0.1) is 12.6 Å². The first kappa shape index (κ1) is 11.0. The number of ether oxygens (including phenoxy) is 1. The summed E-state index contributed by atoms with van der Waals surface area (Å²) < 4.78 is 5.40. The van der Waals surface area contributed by atoms with Crippen molar-refractivity contribution >= 4 is 35.8 Å². The molecule has 0 aliphatic carbocycles. The molecule has 72 valence electrons. The SMILES string of the molecule is CCCOc1ccc(Cl)c(Cl)c1S. The van der Waals surface area contributed by atoms with Gasteiger partial charge in [-0.2, -0.15) is 0 Å². The smallest absolute Gasteiger partial charge is 0.134 e. The Morgan fingerprint density at radius 3 is 2.69 bits per heavy atom. The highest BCUT2D eigenvalue weighted by atomic mass is 35.5. The predicted molar refractivity (Wildman–Crippen MR) is 59.5 cm³/mol. The minimum atomic E-state index is 0.443. The Kier molecular flexibility index (Phi) is 4.23. The number of halogens is 2. The lowest BCUT2D eigenvalue weighted by Gasteiger charge is -2.08. The van der Waals surface area contributed by atoms with Crippen molar-refractivity contribution in [2.45, 2.75) is 18.2 Å². The highest BCUT2D eigenvalue weighted by molar-refractivity contribution is 7.80. The van der Waals surface area contributed by atoms with Crippen LogP contribution in [0.2, 0.25) is 10.0 Å². The fraction of sp³-hybridized carbons (Fsp3) is 0.333. The average Bonchev–Trinajstić information content (AvgIpc) is 2.13. The first-order valence-corrected chi connectivity index (χ1v) is 5.17. The summed E-state index contributed by atoms with van der Waals surface area (Å²) in [4.78, 5) is 0.600. The van der Waals surface area contributed by atoms with Gasteiger partial charge in [0.1, 0.15) is 5.75 Å². The zero-order valence-electron chi connectivity index (χ0n) is 7.18. The van der Waals surface area contributed by atoms with Gasteiger partial charge in [0.2, 0.25) is 0 Å². The van der Waals surface area contributed by atoms with Crippen molar-refractivity contribution in [1.82, 2.24) is 0 Å². The second kappa shape index (κ2) is 4.99. The molecule has 0 N–H and O–H groups in total. The minimum absolute atomic E-state index is 0.443. The Labute approximate surface area is 93.4 Å². The highest BCUT2D eigenvalue weighted by Crippen LogP contribution is 2.35. The third-order valence-corrected chi connectivity index (χ3v) is 2.87. The van der Waals surface area contributed by atoms with Crippen molar-refractivity contribution in [1.29, 1.82) is 0 Å². The molecule has 0 unspecified atom stereocenters. The van der Waals surface area contributed by atoms with Gasteiger partial charge in [-0.25, -0.2) is 0 Å². The van der Waals surface area contributed by atoms with Crippen molar-refractivity contribution in [3.8, 4) is 5.75 Å². The van der Waals surface area contributed by atoms with Gasteiger partial charge >= 0.3 is 0 Å². The number of hydrogen-bond acceptors (Lipinski definition) is 2. The van der Waals surface area contributed by atoms with Crippen LogP contribution in [0.5, 0.6) is 5.75 Å². The molecule has 0 aliphatic rings. The average molecular weight is 237 g/mol. The maximum atomic E-state index is 5.87. The second-order valence-electron chi connectivity index (χ2n) is 2.56. The molecular formula is C9H10Cl2OS. The molecule has 0 atom stereocenters. The molecule has 1 rings (SSSR count). The maximum Gasteiger partial charge on any atom is 0.134 e. The zero-order valence-corrected chi connectivity index (χ0v) is 9.59. The number of thiol groups is 1. The molecule has 1 nitrogen and oxygen atoms in total. The minimum Gasteiger partial charge on any atom is -0.492 e. The first-order chi connectivity index (χ1) is 6.16. The van der Waals surface area contributed by atoms with E-state index in [4.69, 9.17) is 27.9 Å². The molecule has 0 spiro atoms. The van der Waals surface area contributed by atoms with Gasteiger partial charge in [0.15, 0.2) is 0 Å². The summed E-state index contributed by atoms with van der Waals surface area (Å²) in [5.74, 6) is 0.680. The Balaban J connectivity index is 2.90. The van der Waals surface area contributed by atoms with Gasteiger partial charge in [0.25, 0.3) is 0 Å². The third kappa shape index (κ3) is 2.70. The summed E-state index contributed by atoms with van der Waals surface area (Å²) >= 11 is 15.9. The van der Waals surface area contributed by atoms with Crippen molar-refractivity contribution in [2.24, 2.45) is 0 Å². The zero-order chi connectivity index (χ0) is 9.84. The van der Waals surface area contributed by atoms with Crippen LogP contribution in [-0.2, 0) is 0 Å². The summed E-state index contributed by atoms with van der Waals surface area (Å²) in [6, 6.07) is 3.47. The normalized spacial score (nSPS) is 10.2. The first-order valence-electron chi connectivity index (χ1n) is 3.96. The van der Waals surface area contributed by atoms with Crippen LogP contribution >= 0.6 is 35.8 Å². The van der Waals surface area contributed by atoms with E-state index in [0.717, 1.165) is 6.42 Å². The Morgan fingerprint density at radius 1 is 1.38 bits per heavy atom. The summed E-state index contributed by atoms with van der Waals surface area (Å²) in [6.07, 6.45) is 0.952. The molecule has 0 bridgehead atoms. The monoisotopic (exact) mass is 236 g/mol. The number of hydrogen-bond donors (Lipinski definition) is 1.